The minimum absolute atomic E-state index is 0.283. The summed E-state index contributed by atoms with van der Waals surface area (Å²) in [5.74, 6) is 0.437. The number of aliphatic hydroxyl groups excluding tert-OH is 1. The summed E-state index contributed by atoms with van der Waals surface area (Å²) < 4.78 is 15.6. The molecule has 0 unspecified atom stereocenters. The number of ether oxygens (including phenoxy) is 3. The first-order valence-electron chi connectivity index (χ1n) is 14.7. The van der Waals surface area contributed by atoms with Crippen LogP contribution in [-0.2, 0) is 22.5 Å². The first kappa shape index (κ1) is 31.4. The number of nitrogens with one attached hydrogen (secondary N) is 2. The Bertz CT molecular complexity index is 1750. The smallest absolute Gasteiger partial charge is 0.325 e. The van der Waals surface area contributed by atoms with Crippen molar-refractivity contribution < 1.29 is 28.9 Å². The number of aliphatic hydroxyl groups is 1. The standard InChI is InChI=1S/C36H37N3O6/c1-22-27(7-6-10-31(22)39-35(41)32-19-26(43-2)15-16-37-32)29-9-5-8-28-24(13-14-30(28)29)17-23-11-12-25(34(18-23)44-3)20-38-33(21-40)36(42)45-4/h5-12,15-19,33,38,40H,13-14,20-21H2,1-4H3,(H,39,41)/b24-17+/t33-/m1/s1. The van der Waals surface area contributed by atoms with Gasteiger partial charge in [0.2, 0.25) is 0 Å². The van der Waals surface area contributed by atoms with Gasteiger partial charge in [0.05, 0.1) is 27.9 Å². The van der Waals surface area contributed by atoms with E-state index in [4.69, 9.17) is 14.2 Å². The minimum atomic E-state index is -0.809. The van der Waals surface area contributed by atoms with Crippen LogP contribution >= 0.6 is 0 Å². The van der Waals surface area contributed by atoms with E-state index in [2.05, 4.69) is 46.0 Å². The van der Waals surface area contributed by atoms with Crippen molar-refractivity contribution in [2.45, 2.75) is 32.4 Å². The van der Waals surface area contributed by atoms with Crippen LogP contribution in [0, 0.1) is 6.92 Å². The maximum Gasteiger partial charge on any atom is 0.325 e. The number of pyridine rings is 1. The molecule has 0 saturated carbocycles. The molecule has 45 heavy (non-hydrogen) atoms. The second-order valence-electron chi connectivity index (χ2n) is 10.7. The number of carbonyl (C=O) groups is 2. The first-order chi connectivity index (χ1) is 21.9. The third kappa shape index (κ3) is 6.90. The number of benzene rings is 3. The van der Waals surface area contributed by atoms with Crippen molar-refractivity contribution in [3.8, 4) is 22.6 Å². The number of hydrogen-bond acceptors (Lipinski definition) is 8. The normalized spacial score (nSPS) is 13.7. The lowest BCUT2D eigenvalue weighted by atomic mass is 9.92. The lowest BCUT2D eigenvalue weighted by Gasteiger charge is -2.16. The van der Waals surface area contributed by atoms with Crippen LogP contribution < -0.4 is 20.1 Å². The number of aromatic nitrogens is 1. The highest BCUT2D eigenvalue weighted by Crippen LogP contribution is 2.41. The summed E-state index contributed by atoms with van der Waals surface area (Å²) in [5, 5.41) is 15.5. The average Bonchev–Trinajstić information content (AvgIpc) is 3.48. The predicted molar refractivity (Wildman–Crippen MR) is 174 cm³/mol. The average molecular weight is 608 g/mol. The predicted octanol–water partition coefficient (Wildman–Crippen LogP) is 5.44. The van der Waals surface area contributed by atoms with Crippen LogP contribution in [0.15, 0.2) is 72.9 Å². The number of fused-ring (bicyclic) bond motifs is 1. The highest BCUT2D eigenvalue weighted by molar-refractivity contribution is 6.04. The molecular weight excluding hydrogens is 570 g/mol. The number of nitrogens with zero attached hydrogens (tertiary/aromatic N) is 1. The molecule has 0 fully saturated rings. The Balaban J connectivity index is 1.38. The molecule has 1 amide bonds. The van der Waals surface area contributed by atoms with Crippen molar-refractivity contribution in [3.05, 3.63) is 106 Å². The van der Waals surface area contributed by atoms with Gasteiger partial charge < -0.3 is 24.6 Å². The maximum absolute atomic E-state index is 13.0. The van der Waals surface area contributed by atoms with E-state index in [1.807, 2.05) is 37.3 Å². The van der Waals surface area contributed by atoms with Gasteiger partial charge in [0, 0.05) is 30.1 Å². The number of esters is 1. The number of allylic oxidation sites excluding steroid dienone is 1. The van der Waals surface area contributed by atoms with E-state index in [0.717, 1.165) is 46.3 Å². The Kier molecular flexibility index (Phi) is 9.92. The number of anilines is 1. The van der Waals surface area contributed by atoms with Crippen LogP contribution in [0.3, 0.4) is 0 Å². The minimum Gasteiger partial charge on any atom is -0.497 e. The first-order valence-corrected chi connectivity index (χ1v) is 14.7. The lowest BCUT2D eigenvalue weighted by molar-refractivity contribution is -0.144. The molecule has 1 atom stereocenters. The van der Waals surface area contributed by atoms with Crippen molar-refractivity contribution in [1.29, 1.82) is 0 Å². The van der Waals surface area contributed by atoms with Gasteiger partial charge in [-0.15, -0.1) is 0 Å². The Morgan fingerprint density at radius 1 is 0.956 bits per heavy atom. The summed E-state index contributed by atoms with van der Waals surface area (Å²) in [5.41, 5.74) is 9.77. The van der Waals surface area contributed by atoms with Crippen LogP contribution in [0.2, 0.25) is 0 Å². The molecule has 0 radical (unpaired) electrons. The SMILES string of the molecule is COC(=O)[C@@H](CO)NCc1ccc(/C=C2\CCc3c2cccc3-c2cccc(NC(=O)c3cc(OC)ccn3)c2C)cc1OC. The number of methoxy groups -OCH3 is 3. The quantitative estimate of drug-likeness (QED) is 0.193. The van der Waals surface area contributed by atoms with Crippen molar-refractivity contribution in [2.75, 3.05) is 33.3 Å². The van der Waals surface area contributed by atoms with Gasteiger partial charge in [-0.3, -0.25) is 19.9 Å². The number of carbonyl (C=O) groups excluding carboxylic acids is 2. The Labute approximate surface area is 262 Å². The molecule has 1 aliphatic carbocycles. The van der Waals surface area contributed by atoms with Gasteiger partial charge in [-0.2, -0.15) is 0 Å². The molecule has 9 heteroatoms. The molecule has 0 bridgehead atoms. The third-order valence-electron chi connectivity index (χ3n) is 8.10. The monoisotopic (exact) mass is 607 g/mol. The zero-order valence-corrected chi connectivity index (χ0v) is 25.8. The summed E-state index contributed by atoms with van der Waals surface area (Å²) in [6, 6.07) is 20.8. The van der Waals surface area contributed by atoms with Crippen molar-refractivity contribution in [3.63, 3.8) is 0 Å². The van der Waals surface area contributed by atoms with Gasteiger partial charge in [-0.25, -0.2) is 0 Å². The molecule has 5 rings (SSSR count). The van der Waals surface area contributed by atoms with E-state index >= 15 is 0 Å². The molecule has 3 aromatic carbocycles. The fraction of sp³-hybridized carbons (Fsp3) is 0.250. The molecule has 9 nitrogen and oxygen atoms in total. The highest BCUT2D eigenvalue weighted by Gasteiger charge is 2.22. The second kappa shape index (κ2) is 14.2. The van der Waals surface area contributed by atoms with Gasteiger partial charge in [0.15, 0.2) is 0 Å². The highest BCUT2D eigenvalue weighted by atomic mass is 16.5. The van der Waals surface area contributed by atoms with E-state index in [9.17, 15) is 14.7 Å². The van der Waals surface area contributed by atoms with Crippen LogP contribution in [0.5, 0.6) is 11.5 Å². The van der Waals surface area contributed by atoms with Gasteiger partial charge in [0.1, 0.15) is 23.2 Å². The summed E-state index contributed by atoms with van der Waals surface area (Å²) >= 11 is 0. The van der Waals surface area contributed by atoms with Gasteiger partial charge in [-0.05, 0) is 76.9 Å². The summed E-state index contributed by atoms with van der Waals surface area (Å²) in [4.78, 5) is 29.0. The molecular formula is C36H37N3O6. The summed E-state index contributed by atoms with van der Waals surface area (Å²) in [6.45, 7) is 1.99. The third-order valence-corrected chi connectivity index (χ3v) is 8.10. The zero-order chi connectivity index (χ0) is 31.9. The van der Waals surface area contributed by atoms with Crippen molar-refractivity contribution in [1.82, 2.24) is 10.3 Å². The van der Waals surface area contributed by atoms with Gasteiger partial charge in [-0.1, -0.05) is 48.5 Å². The molecule has 232 valence electrons. The largest absolute Gasteiger partial charge is 0.497 e. The number of hydrogen-bond donors (Lipinski definition) is 3. The number of rotatable bonds is 11. The van der Waals surface area contributed by atoms with E-state index in [1.165, 1.54) is 23.8 Å². The van der Waals surface area contributed by atoms with Crippen LogP contribution in [0.1, 0.15) is 44.7 Å². The van der Waals surface area contributed by atoms with Crippen molar-refractivity contribution in [2.24, 2.45) is 0 Å². The topological polar surface area (TPSA) is 119 Å². The van der Waals surface area contributed by atoms with Crippen molar-refractivity contribution >= 4 is 29.2 Å². The molecule has 1 aromatic heterocycles. The van der Waals surface area contributed by atoms with Crippen LogP contribution in [0.4, 0.5) is 5.69 Å². The zero-order valence-electron chi connectivity index (χ0n) is 25.8. The Hall–Kier alpha value is -4.99. The summed E-state index contributed by atoms with van der Waals surface area (Å²) in [6.07, 6.45) is 5.53. The van der Waals surface area contributed by atoms with Gasteiger partial charge >= 0.3 is 5.97 Å². The lowest BCUT2D eigenvalue weighted by Crippen LogP contribution is -2.40. The molecule has 0 spiro atoms. The fourth-order valence-corrected chi connectivity index (χ4v) is 5.66. The Morgan fingerprint density at radius 3 is 2.49 bits per heavy atom. The Morgan fingerprint density at radius 2 is 1.73 bits per heavy atom. The van der Waals surface area contributed by atoms with E-state index in [0.29, 0.717) is 18.0 Å². The molecule has 1 heterocycles. The summed E-state index contributed by atoms with van der Waals surface area (Å²) in [7, 11) is 4.46. The molecule has 4 aromatic rings. The molecule has 0 aliphatic heterocycles. The van der Waals surface area contributed by atoms with E-state index < -0.39 is 12.0 Å². The molecule has 3 N–H and O–H groups in total. The molecule has 0 saturated heterocycles. The maximum atomic E-state index is 13.0. The van der Waals surface area contributed by atoms with Gasteiger partial charge in [0.25, 0.3) is 5.91 Å². The number of amides is 1. The van der Waals surface area contributed by atoms with Crippen LogP contribution in [-0.4, -0.2) is 55.9 Å². The van der Waals surface area contributed by atoms with E-state index in [1.54, 1.807) is 32.5 Å². The second-order valence-corrected chi connectivity index (χ2v) is 10.7. The van der Waals surface area contributed by atoms with Crippen LogP contribution in [0.25, 0.3) is 22.8 Å². The van der Waals surface area contributed by atoms with E-state index in [-0.39, 0.29) is 18.2 Å². The molecule has 1 aliphatic rings. The fourth-order valence-electron chi connectivity index (χ4n) is 5.66.